The number of hydrogen-bond acceptors (Lipinski definition) is 5. The zero-order valence-electron chi connectivity index (χ0n) is 15.3. The molecular formula is C21H21N3O2S. The third-order valence-corrected chi connectivity index (χ3v) is 4.79. The molecule has 0 atom stereocenters. The first-order chi connectivity index (χ1) is 13.3. The monoisotopic (exact) mass is 379 g/mol. The van der Waals surface area contributed by atoms with E-state index in [0.29, 0.717) is 18.0 Å². The summed E-state index contributed by atoms with van der Waals surface area (Å²) >= 11 is 1.55. The van der Waals surface area contributed by atoms with Crippen LogP contribution in [-0.4, -0.2) is 25.0 Å². The van der Waals surface area contributed by atoms with Crippen molar-refractivity contribution in [2.75, 3.05) is 14.2 Å². The second-order valence-electron chi connectivity index (χ2n) is 5.63. The highest BCUT2D eigenvalue weighted by Crippen LogP contribution is 2.26. The number of benzene rings is 2. The first-order valence-corrected chi connectivity index (χ1v) is 9.28. The predicted octanol–water partition coefficient (Wildman–Crippen LogP) is 4.35. The number of ether oxygens (including phenoxy) is 2. The summed E-state index contributed by atoms with van der Waals surface area (Å²) in [5, 5.41) is 10.7. The molecule has 0 unspecified atom stereocenters. The molecule has 0 radical (unpaired) electrons. The molecule has 0 amide bonds. The molecule has 0 aliphatic heterocycles. The molecule has 0 saturated heterocycles. The van der Waals surface area contributed by atoms with Crippen molar-refractivity contribution < 1.29 is 9.47 Å². The fourth-order valence-corrected chi connectivity index (χ4v) is 3.51. The Balaban J connectivity index is 1.92. The van der Waals surface area contributed by atoms with Gasteiger partial charge in [-0.25, -0.2) is 0 Å². The number of hydrogen-bond donors (Lipinski definition) is 0. The Morgan fingerprint density at radius 3 is 2.56 bits per heavy atom. The fraction of sp³-hybridized carbons (Fsp3) is 0.143. The van der Waals surface area contributed by atoms with Crippen LogP contribution in [0.2, 0.25) is 0 Å². The van der Waals surface area contributed by atoms with Crippen LogP contribution in [0.5, 0.6) is 11.5 Å². The maximum Gasteiger partial charge on any atom is 0.211 e. The number of rotatable bonds is 7. The van der Waals surface area contributed by atoms with Crippen molar-refractivity contribution in [2.45, 2.75) is 6.54 Å². The Morgan fingerprint density at radius 1 is 1.07 bits per heavy atom. The van der Waals surface area contributed by atoms with Gasteiger partial charge in [0, 0.05) is 11.9 Å². The number of allylic oxidation sites excluding steroid dienone is 1. The molecule has 0 N–H and O–H groups in total. The summed E-state index contributed by atoms with van der Waals surface area (Å²) in [6, 6.07) is 15.8. The van der Waals surface area contributed by atoms with Crippen LogP contribution in [-0.2, 0) is 6.54 Å². The van der Waals surface area contributed by atoms with Gasteiger partial charge in [-0.2, -0.15) is 5.10 Å². The lowest BCUT2D eigenvalue weighted by atomic mass is 10.2. The van der Waals surface area contributed by atoms with Crippen molar-refractivity contribution in [3.8, 4) is 22.8 Å². The van der Waals surface area contributed by atoms with Crippen molar-refractivity contribution in [1.29, 1.82) is 0 Å². The van der Waals surface area contributed by atoms with Crippen molar-refractivity contribution >= 4 is 17.6 Å². The van der Waals surface area contributed by atoms with Gasteiger partial charge in [0.2, 0.25) is 4.80 Å². The summed E-state index contributed by atoms with van der Waals surface area (Å²) in [5.74, 6) is 1.34. The van der Waals surface area contributed by atoms with Crippen LogP contribution in [0.15, 0.2) is 76.8 Å². The van der Waals surface area contributed by atoms with Gasteiger partial charge in [0.1, 0.15) is 0 Å². The highest BCUT2D eigenvalue weighted by atomic mass is 32.1. The lowest BCUT2D eigenvalue weighted by molar-refractivity contribution is 0.355. The smallest absolute Gasteiger partial charge is 0.211 e. The topological polar surface area (TPSA) is 48.1 Å². The van der Waals surface area contributed by atoms with Gasteiger partial charge in [-0.3, -0.25) is 0 Å². The van der Waals surface area contributed by atoms with Crippen LogP contribution in [0.3, 0.4) is 0 Å². The molecule has 0 spiro atoms. The maximum atomic E-state index is 5.31. The van der Waals surface area contributed by atoms with E-state index in [0.717, 1.165) is 21.6 Å². The first-order valence-electron chi connectivity index (χ1n) is 8.40. The molecule has 0 fully saturated rings. The van der Waals surface area contributed by atoms with Crippen LogP contribution in [0, 0.1) is 0 Å². The molecule has 3 rings (SSSR count). The SMILES string of the molecule is C=CCn1c(-c2ccccc2)cs/c1=N\N=C/c1ccc(OC)c(OC)c1. The number of aromatic nitrogens is 1. The van der Waals surface area contributed by atoms with Gasteiger partial charge in [-0.1, -0.05) is 36.4 Å². The highest BCUT2D eigenvalue weighted by Gasteiger charge is 2.06. The molecule has 27 heavy (non-hydrogen) atoms. The second-order valence-corrected chi connectivity index (χ2v) is 6.46. The zero-order chi connectivity index (χ0) is 19.1. The Hall–Kier alpha value is -3.12. The summed E-state index contributed by atoms with van der Waals surface area (Å²) in [6.45, 7) is 4.52. The van der Waals surface area contributed by atoms with E-state index in [1.165, 1.54) is 0 Å². The van der Waals surface area contributed by atoms with E-state index < -0.39 is 0 Å². The molecule has 1 aromatic heterocycles. The van der Waals surface area contributed by atoms with Gasteiger partial charge < -0.3 is 14.0 Å². The van der Waals surface area contributed by atoms with E-state index in [9.17, 15) is 0 Å². The van der Waals surface area contributed by atoms with Gasteiger partial charge in [0.15, 0.2) is 11.5 Å². The van der Waals surface area contributed by atoms with Gasteiger partial charge in [-0.15, -0.1) is 23.0 Å². The fourth-order valence-electron chi connectivity index (χ4n) is 2.63. The quantitative estimate of drug-likeness (QED) is 0.348. The molecule has 3 aromatic rings. The molecule has 0 aliphatic carbocycles. The minimum absolute atomic E-state index is 0.658. The molecule has 1 heterocycles. The third kappa shape index (κ3) is 4.35. The van der Waals surface area contributed by atoms with E-state index in [2.05, 4.69) is 38.9 Å². The largest absolute Gasteiger partial charge is 0.493 e. The zero-order valence-corrected chi connectivity index (χ0v) is 16.1. The van der Waals surface area contributed by atoms with E-state index in [1.807, 2.05) is 42.5 Å². The van der Waals surface area contributed by atoms with Crippen LogP contribution in [0.4, 0.5) is 0 Å². The van der Waals surface area contributed by atoms with E-state index >= 15 is 0 Å². The number of thiazole rings is 1. The van der Waals surface area contributed by atoms with Crippen molar-refractivity contribution in [1.82, 2.24) is 4.57 Å². The Morgan fingerprint density at radius 2 is 1.85 bits per heavy atom. The molecule has 0 bridgehead atoms. The van der Waals surface area contributed by atoms with Gasteiger partial charge in [0.05, 0.1) is 26.1 Å². The Kier molecular flexibility index (Phi) is 6.22. The summed E-state index contributed by atoms with van der Waals surface area (Å²) in [7, 11) is 3.22. The van der Waals surface area contributed by atoms with Crippen molar-refractivity contribution in [3.63, 3.8) is 0 Å². The van der Waals surface area contributed by atoms with Crippen molar-refractivity contribution in [3.05, 3.63) is 76.9 Å². The first kappa shape index (κ1) is 18.7. The number of nitrogens with zero attached hydrogens (tertiary/aromatic N) is 3. The van der Waals surface area contributed by atoms with Crippen LogP contribution >= 0.6 is 11.3 Å². The van der Waals surface area contributed by atoms with Gasteiger partial charge in [0.25, 0.3) is 0 Å². The molecule has 6 heteroatoms. The lowest BCUT2D eigenvalue weighted by Crippen LogP contribution is -2.14. The Labute approximate surface area is 162 Å². The lowest BCUT2D eigenvalue weighted by Gasteiger charge is -2.07. The summed E-state index contributed by atoms with van der Waals surface area (Å²) in [6.07, 6.45) is 3.55. The minimum atomic E-state index is 0.658. The highest BCUT2D eigenvalue weighted by molar-refractivity contribution is 7.07. The minimum Gasteiger partial charge on any atom is -0.493 e. The van der Waals surface area contributed by atoms with Crippen LogP contribution < -0.4 is 14.3 Å². The average Bonchev–Trinajstić information content (AvgIpc) is 3.11. The van der Waals surface area contributed by atoms with Gasteiger partial charge in [-0.05, 0) is 29.3 Å². The van der Waals surface area contributed by atoms with Gasteiger partial charge >= 0.3 is 0 Å². The second kappa shape index (κ2) is 9.00. The molecule has 2 aromatic carbocycles. The van der Waals surface area contributed by atoms with Crippen LogP contribution in [0.1, 0.15) is 5.56 Å². The molecule has 0 saturated carbocycles. The summed E-state index contributed by atoms with van der Waals surface area (Å²) < 4.78 is 12.7. The standard InChI is InChI=1S/C21H21N3O2S/c1-4-12-24-18(17-8-6-5-7-9-17)15-27-21(24)23-22-14-16-10-11-19(25-2)20(13-16)26-3/h4-11,13-15H,1,12H2,2-3H3/b22-14-,23-21-. The van der Waals surface area contributed by atoms with E-state index in [-0.39, 0.29) is 0 Å². The molecule has 5 nitrogen and oxygen atoms in total. The predicted molar refractivity (Wildman–Crippen MR) is 111 cm³/mol. The van der Waals surface area contributed by atoms with Crippen LogP contribution in [0.25, 0.3) is 11.3 Å². The normalized spacial score (nSPS) is 11.7. The van der Waals surface area contributed by atoms with E-state index in [4.69, 9.17) is 9.47 Å². The summed E-state index contributed by atoms with van der Waals surface area (Å²) in [5.41, 5.74) is 3.12. The number of methoxy groups -OCH3 is 2. The summed E-state index contributed by atoms with van der Waals surface area (Å²) in [4.78, 5) is 0.811. The molecule has 138 valence electrons. The molecule has 0 aliphatic rings. The molecular weight excluding hydrogens is 358 g/mol. The third-order valence-electron chi connectivity index (χ3n) is 3.94. The van der Waals surface area contributed by atoms with Crippen molar-refractivity contribution in [2.24, 2.45) is 10.2 Å². The maximum absolute atomic E-state index is 5.31. The average molecular weight is 379 g/mol. The van der Waals surface area contributed by atoms with E-state index in [1.54, 1.807) is 31.8 Å². The Bertz CT molecular complexity index is 1000.